The molecule has 2 nitrogen and oxygen atoms in total. The lowest BCUT2D eigenvalue weighted by Crippen LogP contribution is -2.44. The Morgan fingerprint density at radius 3 is 2.26 bits per heavy atom. The maximum atomic E-state index is 7.19. The summed E-state index contributed by atoms with van der Waals surface area (Å²) in [7, 11) is -2.18. The van der Waals surface area contributed by atoms with Gasteiger partial charge in [0.1, 0.15) is 5.75 Å². The van der Waals surface area contributed by atoms with Gasteiger partial charge in [-0.1, -0.05) is 112 Å². The lowest BCUT2D eigenvalue weighted by Gasteiger charge is -2.35. The van der Waals surface area contributed by atoms with Crippen LogP contribution in [0.25, 0.3) is 11.1 Å². The Morgan fingerprint density at radius 1 is 0.842 bits per heavy atom. The van der Waals surface area contributed by atoms with Gasteiger partial charge >= 0.3 is 0 Å². The van der Waals surface area contributed by atoms with E-state index in [9.17, 15) is 0 Å². The van der Waals surface area contributed by atoms with Gasteiger partial charge in [0.2, 0.25) is 0 Å². The summed E-state index contributed by atoms with van der Waals surface area (Å²) < 4.78 is 7.19. The van der Waals surface area contributed by atoms with Crippen molar-refractivity contribution in [2.75, 3.05) is 5.32 Å². The van der Waals surface area contributed by atoms with Gasteiger partial charge < -0.3 is 9.74 Å². The molecule has 1 aliphatic carbocycles. The first-order valence-electron chi connectivity index (χ1n) is 14.2. The summed E-state index contributed by atoms with van der Waals surface area (Å²) in [6.07, 6.45) is 4.54. The molecule has 5 rings (SSSR count). The van der Waals surface area contributed by atoms with Crippen molar-refractivity contribution < 1.29 is 4.43 Å². The van der Waals surface area contributed by atoms with E-state index in [1.807, 2.05) is 0 Å². The van der Waals surface area contributed by atoms with Crippen LogP contribution in [-0.4, -0.2) is 8.32 Å². The fourth-order valence-electron chi connectivity index (χ4n) is 6.48. The zero-order valence-electron chi connectivity index (χ0n) is 23.3. The Hall–Kier alpha value is -3.30. The monoisotopic (exact) mass is 519 g/mol. The van der Waals surface area contributed by atoms with E-state index in [4.69, 9.17) is 4.43 Å². The van der Waals surface area contributed by atoms with Gasteiger partial charge in [0, 0.05) is 16.8 Å². The molecular formula is C35H41NOSi. The van der Waals surface area contributed by atoms with Crippen molar-refractivity contribution in [3.8, 4) is 16.9 Å². The topological polar surface area (TPSA) is 21.3 Å². The summed E-state index contributed by atoms with van der Waals surface area (Å²) in [5, 5.41) is 3.81. The van der Waals surface area contributed by atoms with Gasteiger partial charge in [0.25, 0.3) is 8.32 Å². The van der Waals surface area contributed by atoms with Gasteiger partial charge in [-0.2, -0.15) is 0 Å². The van der Waals surface area contributed by atoms with E-state index < -0.39 is 8.32 Å². The van der Waals surface area contributed by atoms with Crippen molar-refractivity contribution >= 4 is 14.0 Å². The molecule has 4 aromatic carbocycles. The molecule has 4 aromatic rings. The van der Waals surface area contributed by atoms with Crippen LogP contribution in [-0.2, 0) is 6.42 Å². The minimum Gasteiger partial charge on any atom is -0.543 e. The lowest BCUT2D eigenvalue weighted by atomic mass is 9.97. The maximum absolute atomic E-state index is 7.19. The van der Waals surface area contributed by atoms with Crippen LogP contribution in [0.15, 0.2) is 103 Å². The smallest absolute Gasteiger partial charge is 0.252 e. The van der Waals surface area contributed by atoms with E-state index in [1.165, 1.54) is 40.7 Å². The van der Waals surface area contributed by atoms with E-state index in [0.717, 1.165) is 24.3 Å². The number of rotatable bonds is 10. The van der Waals surface area contributed by atoms with Crippen LogP contribution < -0.4 is 9.74 Å². The molecule has 0 fully saturated rings. The number of anilines is 1. The number of fused-ring (bicyclic) bond motifs is 1. The lowest BCUT2D eigenvalue weighted by molar-refractivity contribution is 0.475. The molecular weight excluding hydrogens is 478 g/mol. The predicted octanol–water partition coefficient (Wildman–Crippen LogP) is 9.80. The van der Waals surface area contributed by atoms with Gasteiger partial charge in [0.05, 0.1) is 6.04 Å². The third-order valence-corrected chi connectivity index (χ3v) is 11.2. The van der Waals surface area contributed by atoms with Crippen molar-refractivity contribution in [1.82, 2.24) is 0 Å². The molecule has 3 unspecified atom stereocenters. The van der Waals surface area contributed by atoms with Gasteiger partial charge in [-0.25, -0.2) is 0 Å². The Morgan fingerprint density at radius 2 is 1.53 bits per heavy atom. The summed E-state index contributed by atoms with van der Waals surface area (Å²) in [5.74, 6) is 1.61. The average molecular weight is 520 g/mol. The molecule has 3 heteroatoms. The second kappa shape index (κ2) is 11.6. The first-order valence-corrected chi connectivity index (χ1v) is 17.2. The highest BCUT2D eigenvalue weighted by Gasteiger charge is 2.45. The average Bonchev–Trinajstić information content (AvgIpc) is 3.29. The van der Waals surface area contributed by atoms with Crippen LogP contribution >= 0.6 is 0 Å². The van der Waals surface area contributed by atoms with Crippen LogP contribution in [0.1, 0.15) is 61.4 Å². The third-order valence-electron chi connectivity index (χ3n) is 8.10. The quantitative estimate of drug-likeness (QED) is 0.211. The Balaban J connectivity index is 1.46. The van der Waals surface area contributed by atoms with Gasteiger partial charge in [-0.3, -0.25) is 0 Å². The highest BCUT2D eigenvalue weighted by molar-refractivity contribution is 6.73. The summed E-state index contributed by atoms with van der Waals surface area (Å²) in [5.41, 5.74) is 8.59. The molecule has 0 aliphatic heterocycles. The van der Waals surface area contributed by atoms with Crippen LogP contribution in [0.4, 0.5) is 5.69 Å². The van der Waals surface area contributed by atoms with Crippen LogP contribution in [0.3, 0.4) is 0 Å². The molecule has 0 saturated carbocycles. The minimum absolute atomic E-state index is 0.219. The minimum atomic E-state index is -2.18. The number of benzene rings is 4. The van der Waals surface area contributed by atoms with E-state index in [-0.39, 0.29) is 6.04 Å². The second-order valence-electron chi connectivity index (χ2n) is 11.3. The Labute approximate surface area is 230 Å². The van der Waals surface area contributed by atoms with E-state index >= 15 is 0 Å². The normalized spacial score (nSPS) is 17.6. The number of unbranched alkanes of at least 4 members (excludes halogenated alkanes) is 1. The fraction of sp³-hybridized carbons (Fsp3) is 0.314. The maximum Gasteiger partial charge on any atom is 0.252 e. The van der Waals surface area contributed by atoms with Gasteiger partial charge in [0.15, 0.2) is 0 Å². The van der Waals surface area contributed by atoms with Crippen molar-refractivity contribution in [3.05, 3.63) is 120 Å². The van der Waals surface area contributed by atoms with E-state index in [1.54, 1.807) is 0 Å². The zero-order valence-corrected chi connectivity index (χ0v) is 24.3. The number of hydrogen-bond donors (Lipinski definition) is 1. The molecule has 38 heavy (non-hydrogen) atoms. The largest absolute Gasteiger partial charge is 0.543 e. The molecule has 0 heterocycles. The fourth-order valence-corrected chi connectivity index (χ4v) is 9.86. The number of nitrogens with one attached hydrogen (secondary N) is 1. The Kier molecular flexibility index (Phi) is 8.04. The van der Waals surface area contributed by atoms with Gasteiger partial charge in [-0.15, -0.1) is 0 Å². The number of para-hydroxylation sites is 2. The molecule has 0 amide bonds. The molecule has 0 spiro atoms. The SMILES string of the molecule is CCCCC(Nc1ccccc1)c1ccccc1O[Si](C)(C)C1c2cccc(-c3ccccc3)c2CC1C. The van der Waals surface area contributed by atoms with Gasteiger partial charge in [-0.05, 0) is 72.3 Å². The van der Waals surface area contributed by atoms with E-state index in [0.29, 0.717) is 11.5 Å². The molecule has 0 radical (unpaired) electrons. The van der Waals surface area contributed by atoms with Crippen LogP contribution in [0, 0.1) is 5.92 Å². The Bertz CT molecular complexity index is 1330. The zero-order chi connectivity index (χ0) is 26.5. The van der Waals surface area contributed by atoms with Crippen LogP contribution in [0.5, 0.6) is 5.75 Å². The summed E-state index contributed by atoms with van der Waals surface area (Å²) in [6.45, 7) is 9.52. The predicted molar refractivity (Wildman–Crippen MR) is 164 cm³/mol. The summed E-state index contributed by atoms with van der Waals surface area (Å²) in [4.78, 5) is 0. The molecule has 0 bridgehead atoms. The molecule has 1 aliphatic rings. The molecule has 0 aromatic heterocycles. The number of hydrogen-bond acceptors (Lipinski definition) is 2. The third kappa shape index (κ3) is 5.58. The van der Waals surface area contributed by atoms with Crippen molar-refractivity contribution in [2.45, 2.75) is 64.2 Å². The highest BCUT2D eigenvalue weighted by atomic mass is 28.4. The molecule has 3 atom stereocenters. The first-order chi connectivity index (χ1) is 18.5. The highest BCUT2D eigenvalue weighted by Crippen LogP contribution is 2.47. The first kappa shape index (κ1) is 26.3. The van der Waals surface area contributed by atoms with Crippen molar-refractivity contribution in [3.63, 3.8) is 0 Å². The molecule has 196 valence electrons. The molecule has 1 N–H and O–H groups in total. The van der Waals surface area contributed by atoms with Crippen LogP contribution in [0.2, 0.25) is 13.1 Å². The second-order valence-corrected chi connectivity index (χ2v) is 15.4. The van der Waals surface area contributed by atoms with E-state index in [2.05, 4.69) is 135 Å². The molecule has 0 saturated heterocycles. The van der Waals surface area contributed by atoms with Crippen molar-refractivity contribution in [1.29, 1.82) is 0 Å². The summed E-state index contributed by atoms with van der Waals surface area (Å²) >= 11 is 0. The van der Waals surface area contributed by atoms with Crippen molar-refractivity contribution in [2.24, 2.45) is 5.92 Å². The summed E-state index contributed by atoms with van der Waals surface area (Å²) in [6, 6.07) is 37.3. The standard InChI is InChI=1S/C35H41NOSi/c1-5-6-23-33(36-28-18-11-8-12-19-28)31-20-13-14-24-34(31)37-38(3,4)35-26(2)25-32-29(21-15-22-30(32)35)27-16-9-7-10-17-27/h7-22,24,26,33,35-36H,5-6,23,25H2,1-4H3.